The van der Waals surface area contributed by atoms with Crippen molar-refractivity contribution in [2.45, 2.75) is 46.6 Å². The van der Waals surface area contributed by atoms with Crippen molar-refractivity contribution in [3.05, 3.63) is 50.7 Å². The number of methoxy groups -OCH3 is 1. The van der Waals surface area contributed by atoms with Crippen LogP contribution >= 0.6 is 11.3 Å². The predicted molar refractivity (Wildman–Crippen MR) is 103 cm³/mol. The second kappa shape index (κ2) is 7.61. The summed E-state index contributed by atoms with van der Waals surface area (Å²) in [6.45, 7) is 7.01. The lowest BCUT2D eigenvalue weighted by molar-refractivity contribution is -0.126. The molecule has 1 aromatic heterocycles. The molecule has 1 aromatic carbocycles. The first-order valence-electron chi connectivity index (χ1n) is 8.97. The molecule has 0 unspecified atom stereocenters. The number of hydrogen-bond donors (Lipinski definition) is 1. The third-order valence-electron chi connectivity index (χ3n) is 5.60. The Bertz CT molecular complexity index is 752. The lowest BCUT2D eigenvalue weighted by atomic mass is 9.74. The third kappa shape index (κ3) is 3.74. The van der Waals surface area contributed by atoms with Gasteiger partial charge in [-0.15, -0.1) is 11.3 Å². The molecule has 1 heterocycles. The first-order chi connectivity index (χ1) is 12.0. The Balaban J connectivity index is 1.71. The van der Waals surface area contributed by atoms with Crippen LogP contribution in [0.1, 0.15) is 40.5 Å². The quantitative estimate of drug-likeness (QED) is 0.859. The molecule has 0 spiro atoms. The largest absolute Gasteiger partial charge is 0.496 e. The fraction of sp³-hybridized carbons (Fsp3) is 0.476. The highest BCUT2D eigenvalue weighted by atomic mass is 32.1. The molecule has 1 amide bonds. The van der Waals surface area contributed by atoms with E-state index in [0.717, 1.165) is 25.0 Å². The zero-order chi connectivity index (χ0) is 18.0. The molecular weight excluding hydrogens is 330 g/mol. The zero-order valence-electron chi connectivity index (χ0n) is 15.5. The molecule has 4 heteroatoms. The Hall–Kier alpha value is -1.81. The van der Waals surface area contributed by atoms with E-state index in [2.05, 4.69) is 38.2 Å². The minimum absolute atomic E-state index is 0.0269. The molecule has 134 valence electrons. The molecule has 3 rings (SSSR count). The summed E-state index contributed by atoms with van der Waals surface area (Å²) in [6, 6.07) is 6.22. The van der Waals surface area contributed by atoms with Crippen molar-refractivity contribution in [1.82, 2.24) is 5.32 Å². The van der Waals surface area contributed by atoms with Crippen LogP contribution in [0.3, 0.4) is 0 Å². The summed E-state index contributed by atoms with van der Waals surface area (Å²) < 4.78 is 5.54. The highest BCUT2D eigenvalue weighted by Crippen LogP contribution is 2.37. The maximum atomic E-state index is 12.6. The molecule has 25 heavy (non-hydrogen) atoms. The maximum absolute atomic E-state index is 12.6. The molecule has 2 atom stereocenters. The van der Waals surface area contributed by atoms with E-state index in [0.29, 0.717) is 12.5 Å². The number of hydrogen-bond acceptors (Lipinski definition) is 3. The van der Waals surface area contributed by atoms with Gasteiger partial charge in [0.05, 0.1) is 13.7 Å². The summed E-state index contributed by atoms with van der Waals surface area (Å²) in [5, 5.41) is 5.14. The average molecular weight is 358 g/mol. The number of nitrogens with one attached hydrogen (secondary N) is 1. The number of fused-ring (bicyclic) bond motifs is 1. The Kier molecular flexibility index (Phi) is 5.48. The van der Waals surface area contributed by atoms with Crippen molar-refractivity contribution in [3.8, 4) is 5.75 Å². The molecule has 0 saturated carbocycles. The van der Waals surface area contributed by atoms with Gasteiger partial charge in [-0.1, -0.05) is 13.0 Å². The fourth-order valence-corrected chi connectivity index (χ4v) is 4.57. The smallest absolute Gasteiger partial charge is 0.223 e. The number of benzene rings is 1. The minimum Gasteiger partial charge on any atom is -0.496 e. The Morgan fingerprint density at radius 3 is 2.88 bits per heavy atom. The van der Waals surface area contributed by atoms with Crippen LogP contribution in [0.4, 0.5) is 0 Å². The standard InChI is InChI=1S/C21H27NO2S/c1-13-10-20(24-4)15(3)19-11-16(7-8-18(13)19)14(2)21(23)22-12-17-6-5-9-25-17/h5-6,9-10,14,16H,7-8,11-12H2,1-4H3,(H,22,23)/t14-,16+/m0/s1. The van der Waals surface area contributed by atoms with Crippen LogP contribution in [0, 0.1) is 25.7 Å². The third-order valence-corrected chi connectivity index (χ3v) is 6.48. The predicted octanol–water partition coefficient (Wildman–Crippen LogP) is 4.43. The van der Waals surface area contributed by atoms with Gasteiger partial charge in [0.2, 0.25) is 5.91 Å². The van der Waals surface area contributed by atoms with Crippen molar-refractivity contribution in [1.29, 1.82) is 0 Å². The van der Waals surface area contributed by atoms with Gasteiger partial charge in [0.15, 0.2) is 0 Å². The first-order valence-corrected chi connectivity index (χ1v) is 9.85. The van der Waals surface area contributed by atoms with Crippen LogP contribution in [0.2, 0.25) is 0 Å². The van der Waals surface area contributed by atoms with E-state index < -0.39 is 0 Å². The Morgan fingerprint density at radius 2 is 2.20 bits per heavy atom. The second-order valence-corrected chi connectivity index (χ2v) is 8.10. The maximum Gasteiger partial charge on any atom is 0.223 e. The van der Waals surface area contributed by atoms with E-state index in [-0.39, 0.29) is 11.8 Å². The number of carbonyl (C=O) groups excluding carboxylic acids is 1. The van der Waals surface area contributed by atoms with Crippen molar-refractivity contribution >= 4 is 17.2 Å². The molecule has 1 N–H and O–H groups in total. The van der Waals surface area contributed by atoms with E-state index in [1.54, 1.807) is 18.4 Å². The van der Waals surface area contributed by atoms with Gasteiger partial charge in [0.25, 0.3) is 0 Å². The van der Waals surface area contributed by atoms with Gasteiger partial charge in [-0.3, -0.25) is 4.79 Å². The SMILES string of the molecule is COc1cc(C)c2c(c1C)C[C@H]([C@H](C)C(=O)NCc1cccs1)CC2. The zero-order valence-corrected chi connectivity index (χ0v) is 16.3. The van der Waals surface area contributed by atoms with E-state index >= 15 is 0 Å². The van der Waals surface area contributed by atoms with Gasteiger partial charge >= 0.3 is 0 Å². The fourth-order valence-electron chi connectivity index (χ4n) is 3.92. The van der Waals surface area contributed by atoms with E-state index in [9.17, 15) is 4.79 Å². The second-order valence-electron chi connectivity index (χ2n) is 7.07. The highest BCUT2D eigenvalue weighted by Gasteiger charge is 2.30. The number of aryl methyl sites for hydroxylation is 1. The van der Waals surface area contributed by atoms with E-state index in [4.69, 9.17) is 4.74 Å². The normalized spacial score (nSPS) is 17.7. The van der Waals surface area contributed by atoms with Crippen LogP contribution in [-0.4, -0.2) is 13.0 Å². The van der Waals surface area contributed by atoms with Gasteiger partial charge in [-0.2, -0.15) is 0 Å². The molecule has 0 radical (unpaired) electrons. The Morgan fingerprint density at radius 1 is 1.40 bits per heavy atom. The summed E-state index contributed by atoms with van der Waals surface area (Å²) >= 11 is 1.68. The molecule has 2 aromatic rings. The molecular formula is C21H27NO2S. The number of ether oxygens (including phenoxy) is 1. The van der Waals surface area contributed by atoms with Crippen molar-refractivity contribution in [2.75, 3.05) is 7.11 Å². The Labute approximate surface area is 154 Å². The van der Waals surface area contributed by atoms with E-state index in [1.807, 2.05) is 11.4 Å². The van der Waals surface area contributed by atoms with E-state index in [1.165, 1.54) is 27.1 Å². The van der Waals surface area contributed by atoms with Crippen LogP contribution in [0.15, 0.2) is 23.6 Å². The summed E-state index contributed by atoms with van der Waals surface area (Å²) in [7, 11) is 1.73. The monoisotopic (exact) mass is 357 g/mol. The molecule has 3 nitrogen and oxygen atoms in total. The van der Waals surface area contributed by atoms with Crippen LogP contribution in [-0.2, 0) is 24.2 Å². The van der Waals surface area contributed by atoms with Crippen LogP contribution in [0.5, 0.6) is 5.75 Å². The van der Waals surface area contributed by atoms with Gasteiger partial charge in [0, 0.05) is 10.8 Å². The summed E-state index contributed by atoms with van der Waals surface area (Å²) in [5.41, 5.74) is 5.40. The summed E-state index contributed by atoms with van der Waals surface area (Å²) in [6.07, 6.45) is 3.10. The average Bonchev–Trinajstić information content (AvgIpc) is 3.15. The first kappa shape index (κ1) is 18.0. The lowest BCUT2D eigenvalue weighted by Gasteiger charge is -2.31. The number of thiophene rings is 1. The van der Waals surface area contributed by atoms with Gasteiger partial charge in [0.1, 0.15) is 5.75 Å². The van der Waals surface area contributed by atoms with Crippen LogP contribution < -0.4 is 10.1 Å². The number of carbonyl (C=O) groups is 1. The molecule has 0 fully saturated rings. The van der Waals surface area contributed by atoms with Crippen molar-refractivity contribution in [3.63, 3.8) is 0 Å². The lowest BCUT2D eigenvalue weighted by Crippen LogP contribution is -2.35. The van der Waals surface area contributed by atoms with Gasteiger partial charge in [-0.25, -0.2) is 0 Å². The highest BCUT2D eigenvalue weighted by molar-refractivity contribution is 7.09. The molecule has 0 aliphatic heterocycles. The van der Waals surface area contributed by atoms with Gasteiger partial charge < -0.3 is 10.1 Å². The molecule has 0 saturated heterocycles. The van der Waals surface area contributed by atoms with Crippen molar-refractivity contribution in [2.24, 2.45) is 11.8 Å². The minimum atomic E-state index is 0.0269. The summed E-state index contributed by atoms with van der Waals surface area (Å²) in [4.78, 5) is 13.8. The molecule has 1 aliphatic rings. The van der Waals surface area contributed by atoms with Crippen LogP contribution in [0.25, 0.3) is 0 Å². The summed E-state index contributed by atoms with van der Waals surface area (Å²) in [5.74, 6) is 1.55. The number of rotatable bonds is 5. The molecule has 1 aliphatic carbocycles. The number of amides is 1. The van der Waals surface area contributed by atoms with Crippen molar-refractivity contribution < 1.29 is 9.53 Å². The molecule has 0 bridgehead atoms. The van der Waals surface area contributed by atoms with Gasteiger partial charge in [-0.05, 0) is 78.8 Å². The topological polar surface area (TPSA) is 38.3 Å².